The van der Waals surface area contributed by atoms with Crippen LogP contribution in [-0.2, 0) is 23.8 Å². The highest BCUT2D eigenvalue weighted by atomic mass is 16.6. The third kappa shape index (κ3) is 2.87. The Bertz CT molecular complexity index is 165. The SMILES string of the molecule is CCOC(=O)[C@H](OC)C(=O)OC. The van der Waals surface area contributed by atoms with Gasteiger partial charge in [0.15, 0.2) is 0 Å². The molecule has 5 heteroatoms. The van der Waals surface area contributed by atoms with Gasteiger partial charge in [-0.25, -0.2) is 9.59 Å². The fourth-order valence-corrected chi connectivity index (χ4v) is 0.614. The summed E-state index contributed by atoms with van der Waals surface area (Å²) in [6.07, 6.45) is -1.27. The smallest absolute Gasteiger partial charge is 0.347 e. The third-order valence-corrected chi connectivity index (χ3v) is 1.15. The van der Waals surface area contributed by atoms with Crippen LogP contribution in [0.2, 0.25) is 0 Å². The first kappa shape index (κ1) is 10.9. The summed E-state index contributed by atoms with van der Waals surface area (Å²) in [5.41, 5.74) is 0. The molecule has 12 heavy (non-hydrogen) atoms. The zero-order valence-electron chi connectivity index (χ0n) is 7.33. The van der Waals surface area contributed by atoms with Crippen molar-refractivity contribution in [2.45, 2.75) is 13.0 Å². The van der Waals surface area contributed by atoms with Crippen LogP contribution in [0.4, 0.5) is 0 Å². The van der Waals surface area contributed by atoms with Crippen LogP contribution < -0.4 is 0 Å². The predicted octanol–water partition coefficient (Wildman–Crippen LogP) is -0.263. The normalized spacial score (nSPS) is 11.9. The second-order valence-electron chi connectivity index (χ2n) is 1.89. The highest BCUT2D eigenvalue weighted by molar-refractivity contribution is 5.97. The second-order valence-corrected chi connectivity index (χ2v) is 1.89. The molecule has 5 nitrogen and oxygen atoms in total. The third-order valence-electron chi connectivity index (χ3n) is 1.15. The summed E-state index contributed by atoms with van der Waals surface area (Å²) in [5.74, 6) is -1.48. The largest absolute Gasteiger partial charge is 0.467 e. The van der Waals surface area contributed by atoms with Crippen LogP contribution in [0.5, 0.6) is 0 Å². The molecule has 70 valence electrons. The molecule has 0 saturated heterocycles. The summed E-state index contributed by atoms with van der Waals surface area (Å²) in [6.45, 7) is 1.84. The molecule has 0 aliphatic heterocycles. The molecule has 0 aromatic rings. The van der Waals surface area contributed by atoms with E-state index in [0.29, 0.717) is 0 Å². The van der Waals surface area contributed by atoms with Crippen LogP contribution in [0.15, 0.2) is 0 Å². The average molecular weight is 176 g/mol. The first-order valence-electron chi connectivity index (χ1n) is 3.44. The van der Waals surface area contributed by atoms with Crippen molar-refractivity contribution in [2.24, 2.45) is 0 Å². The first-order valence-corrected chi connectivity index (χ1v) is 3.44. The van der Waals surface area contributed by atoms with E-state index in [-0.39, 0.29) is 6.61 Å². The number of hydrogen-bond donors (Lipinski definition) is 0. The summed E-state index contributed by atoms with van der Waals surface area (Å²) < 4.78 is 13.4. The van der Waals surface area contributed by atoms with Crippen molar-refractivity contribution in [3.05, 3.63) is 0 Å². The first-order chi connectivity index (χ1) is 5.67. The summed E-state index contributed by atoms with van der Waals surface area (Å²) in [7, 11) is 2.41. The summed E-state index contributed by atoms with van der Waals surface area (Å²) in [5, 5.41) is 0. The Balaban J connectivity index is 4.14. The maximum atomic E-state index is 10.9. The van der Waals surface area contributed by atoms with Crippen molar-refractivity contribution in [1.29, 1.82) is 0 Å². The molecule has 0 aromatic carbocycles. The number of carbonyl (C=O) groups excluding carboxylic acids is 2. The standard InChI is InChI=1S/C7H12O5/c1-4-12-7(9)5(10-2)6(8)11-3/h5H,4H2,1-3H3/t5-/m1/s1. The Labute approximate surface area is 70.6 Å². The highest BCUT2D eigenvalue weighted by Crippen LogP contribution is 1.96. The average Bonchev–Trinajstić information content (AvgIpc) is 2.06. The number of hydrogen-bond acceptors (Lipinski definition) is 5. The maximum absolute atomic E-state index is 10.9. The van der Waals surface area contributed by atoms with E-state index in [1.54, 1.807) is 6.92 Å². The fraction of sp³-hybridized carbons (Fsp3) is 0.714. The summed E-state index contributed by atoms with van der Waals surface area (Å²) in [4.78, 5) is 21.7. The molecule has 0 aliphatic rings. The van der Waals surface area contributed by atoms with E-state index in [9.17, 15) is 9.59 Å². The van der Waals surface area contributed by atoms with Gasteiger partial charge in [-0.3, -0.25) is 0 Å². The molecule has 0 spiro atoms. The van der Waals surface area contributed by atoms with E-state index in [2.05, 4.69) is 14.2 Å². The lowest BCUT2D eigenvalue weighted by molar-refractivity contribution is -0.169. The van der Waals surface area contributed by atoms with Crippen LogP contribution in [-0.4, -0.2) is 38.9 Å². The van der Waals surface area contributed by atoms with Crippen LogP contribution in [0.3, 0.4) is 0 Å². The van der Waals surface area contributed by atoms with Crippen molar-refractivity contribution in [2.75, 3.05) is 20.8 Å². The number of esters is 2. The molecular weight excluding hydrogens is 164 g/mol. The summed E-state index contributed by atoms with van der Waals surface area (Å²) >= 11 is 0. The lowest BCUT2D eigenvalue weighted by Gasteiger charge is -2.10. The lowest BCUT2D eigenvalue weighted by Crippen LogP contribution is -2.34. The number of ether oxygens (including phenoxy) is 3. The molecule has 0 unspecified atom stereocenters. The quantitative estimate of drug-likeness (QED) is 0.436. The van der Waals surface area contributed by atoms with Crippen LogP contribution >= 0.6 is 0 Å². The molecule has 0 aromatic heterocycles. The van der Waals surface area contributed by atoms with Gasteiger partial charge in [0, 0.05) is 7.11 Å². The van der Waals surface area contributed by atoms with Gasteiger partial charge in [0.25, 0.3) is 6.10 Å². The van der Waals surface area contributed by atoms with Gasteiger partial charge in [-0.1, -0.05) is 0 Å². The van der Waals surface area contributed by atoms with Crippen molar-refractivity contribution in [1.82, 2.24) is 0 Å². The highest BCUT2D eigenvalue weighted by Gasteiger charge is 2.28. The minimum atomic E-state index is -1.27. The molecule has 0 fully saturated rings. The van der Waals surface area contributed by atoms with E-state index in [1.807, 2.05) is 0 Å². The van der Waals surface area contributed by atoms with Crippen molar-refractivity contribution in [3.63, 3.8) is 0 Å². The second kappa shape index (κ2) is 5.54. The van der Waals surface area contributed by atoms with Crippen molar-refractivity contribution in [3.8, 4) is 0 Å². The molecule has 0 rings (SSSR count). The zero-order valence-corrected chi connectivity index (χ0v) is 7.33. The van der Waals surface area contributed by atoms with Gasteiger partial charge in [0.2, 0.25) is 0 Å². The van der Waals surface area contributed by atoms with Crippen LogP contribution in [0.1, 0.15) is 6.92 Å². The lowest BCUT2D eigenvalue weighted by atomic mass is 10.4. The van der Waals surface area contributed by atoms with E-state index < -0.39 is 18.0 Å². The number of methoxy groups -OCH3 is 2. The van der Waals surface area contributed by atoms with Crippen LogP contribution in [0, 0.1) is 0 Å². The van der Waals surface area contributed by atoms with E-state index in [0.717, 1.165) is 0 Å². The van der Waals surface area contributed by atoms with E-state index >= 15 is 0 Å². The van der Waals surface area contributed by atoms with Gasteiger partial charge in [-0.15, -0.1) is 0 Å². The Morgan fingerprint density at radius 1 is 1.25 bits per heavy atom. The minimum absolute atomic E-state index is 0.204. The van der Waals surface area contributed by atoms with Gasteiger partial charge < -0.3 is 14.2 Å². The van der Waals surface area contributed by atoms with Gasteiger partial charge >= 0.3 is 11.9 Å². The Kier molecular flexibility index (Phi) is 5.03. The minimum Gasteiger partial charge on any atom is -0.467 e. The van der Waals surface area contributed by atoms with E-state index in [1.165, 1.54) is 14.2 Å². The van der Waals surface area contributed by atoms with Crippen molar-refractivity contribution < 1.29 is 23.8 Å². The monoisotopic (exact) mass is 176 g/mol. The molecule has 1 atom stereocenters. The Hall–Kier alpha value is -1.10. The maximum Gasteiger partial charge on any atom is 0.347 e. The van der Waals surface area contributed by atoms with Crippen molar-refractivity contribution >= 4 is 11.9 Å². The van der Waals surface area contributed by atoms with E-state index in [4.69, 9.17) is 0 Å². The summed E-state index contributed by atoms with van der Waals surface area (Å²) in [6, 6.07) is 0. The van der Waals surface area contributed by atoms with Gasteiger partial charge in [0.1, 0.15) is 0 Å². The zero-order chi connectivity index (χ0) is 9.56. The van der Waals surface area contributed by atoms with Gasteiger partial charge in [-0.2, -0.15) is 0 Å². The molecule has 0 aliphatic carbocycles. The molecular formula is C7H12O5. The Morgan fingerprint density at radius 2 is 1.83 bits per heavy atom. The molecule has 0 radical (unpaired) electrons. The van der Waals surface area contributed by atoms with Crippen LogP contribution in [0.25, 0.3) is 0 Å². The number of rotatable bonds is 4. The molecule has 0 saturated carbocycles. The molecule has 0 N–H and O–H groups in total. The topological polar surface area (TPSA) is 61.8 Å². The predicted molar refractivity (Wildman–Crippen MR) is 39.4 cm³/mol. The molecule has 0 amide bonds. The van der Waals surface area contributed by atoms with Gasteiger partial charge in [0.05, 0.1) is 13.7 Å². The Morgan fingerprint density at radius 3 is 2.17 bits per heavy atom. The number of carbonyl (C=O) groups is 2. The fourth-order valence-electron chi connectivity index (χ4n) is 0.614. The molecule has 0 heterocycles. The molecule has 0 bridgehead atoms. The van der Waals surface area contributed by atoms with Gasteiger partial charge in [-0.05, 0) is 6.92 Å².